The van der Waals surface area contributed by atoms with Crippen molar-refractivity contribution in [3.8, 4) is 0 Å². The molecule has 0 amide bonds. The van der Waals surface area contributed by atoms with E-state index in [0.717, 1.165) is 32.1 Å². The van der Waals surface area contributed by atoms with Crippen LogP contribution < -0.4 is 0 Å². The van der Waals surface area contributed by atoms with Gasteiger partial charge in [-0.1, -0.05) is 60.1 Å². The third-order valence-electron chi connectivity index (χ3n) is 13.6. The quantitative estimate of drug-likeness (QED) is 0.345. The molecule has 4 heteroatoms. The van der Waals surface area contributed by atoms with Gasteiger partial charge in [-0.2, -0.15) is 0 Å². The highest BCUT2D eigenvalue weighted by Gasteiger charge is 2.70. The number of carbonyl (C=O) groups is 1. The molecule has 11 atom stereocenters. The fourth-order valence-corrected chi connectivity index (χ4v) is 11.1. The Labute approximate surface area is 213 Å². The molecule has 4 fully saturated rings. The first-order valence-electron chi connectivity index (χ1n) is 14.4. The van der Waals surface area contributed by atoms with E-state index in [1.165, 1.54) is 25.5 Å². The summed E-state index contributed by atoms with van der Waals surface area (Å²) in [6.45, 7) is 16.7. The lowest BCUT2D eigenvalue weighted by Gasteiger charge is -2.71. The van der Waals surface area contributed by atoms with Crippen LogP contribution in [-0.4, -0.2) is 35.5 Å². The number of hydrogen-bond acceptors (Lipinski definition) is 4. The van der Waals surface area contributed by atoms with Gasteiger partial charge in [0.2, 0.25) is 0 Å². The molecule has 0 saturated heterocycles. The van der Waals surface area contributed by atoms with Crippen LogP contribution in [0.25, 0.3) is 0 Å². The third-order valence-corrected chi connectivity index (χ3v) is 13.6. The first kappa shape index (κ1) is 25.8. The Morgan fingerprint density at radius 1 is 0.943 bits per heavy atom. The lowest BCUT2D eigenvalue weighted by atomic mass is 9.33. The highest BCUT2D eigenvalue weighted by Crippen LogP contribution is 2.75. The smallest absolute Gasteiger partial charge is 0.312 e. The van der Waals surface area contributed by atoms with Gasteiger partial charge in [0.05, 0.1) is 24.7 Å². The first-order valence-corrected chi connectivity index (χ1v) is 14.4. The van der Waals surface area contributed by atoms with Crippen LogP contribution in [0.4, 0.5) is 0 Å². The number of methoxy groups -OCH3 is 1. The molecule has 0 heterocycles. The molecule has 0 radical (unpaired) electrons. The van der Waals surface area contributed by atoms with Crippen molar-refractivity contribution in [2.75, 3.05) is 7.11 Å². The van der Waals surface area contributed by atoms with Crippen molar-refractivity contribution in [3.05, 3.63) is 11.6 Å². The first-order chi connectivity index (χ1) is 16.2. The van der Waals surface area contributed by atoms with E-state index in [-0.39, 0.29) is 51.5 Å². The molecule has 0 bridgehead atoms. The number of allylic oxidation sites excluding steroid dienone is 2. The van der Waals surface area contributed by atoms with E-state index in [4.69, 9.17) is 4.74 Å². The van der Waals surface area contributed by atoms with E-state index < -0.39 is 11.5 Å². The van der Waals surface area contributed by atoms with Gasteiger partial charge in [-0.15, -0.1) is 0 Å². The normalized spacial score (nSPS) is 54.9. The molecule has 0 unspecified atom stereocenters. The average molecular weight is 487 g/mol. The zero-order chi connectivity index (χ0) is 25.8. The second-order valence-electron chi connectivity index (χ2n) is 14.8. The van der Waals surface area contributed by atoms with Gasteiger partial charge in [-0.3, -0.25) is 4.79 Å². The molecule has 0 aliphatic heterocycles. The van der Waals surface area contributed by atoms with Crippen LogP contribution in [-0.2, 0) is 9.53 Å². The standard InChI is InChI=1S/C31H50O4/c1-18-19(2)25-20-9-10-23-28(5)13-12-24(33)27(3,4)22(28)11-14-30(23,7)29(20,6)15-16-31(25,17-21(18)32)26(34)35-8/h9,18-19,21-25,32-33H,10-17H2,1-8H3/t18-,19-,21+,22-,23+,24-,25-,28-,29+,30+,31+/m0/s1. The molecule has 0 aromatic heterocycles. The molecule has 4 saturated carbocycles. The van der Waals surface area contributed by atoms with Crippen molar-refractivity contribution in [2.24, 2.45) is 56.7 Å². The van der Waals surface area contributed by atoms with Crippen molar-refractivity contribution >= 4 is 5.97 Å². The van der Waals surface area contributed by atoms with Gasteiger partial charge in [0, 0.05) is 0 Å². The second-order valence-corrected chi connectivity index (χ2v) is 14.8. The van der Waals surface area contributed by atoms with E-state index in [0.29, 0.717) is 18.3 Å². The monoisotopic (exact) mass is 486 g/mol. The van der Waals surface area contributed by atoms with Gasteiger partial charge in [-0.25, -0.2) is 0 Å². The SMILES string of the molecule is COC(=O)[C@@]12CC[C@]3(C)C(=CC[C@@H]4[C@@]5(C)CC[C@H](O)C(C)(C)[C@@H]5CC[C@]43C)[C@@H]1[C@@H](C)[C@H](C)[C@H](O)C2. The Balaban J connectivity index is 1.62. The van der Waals surface area contributed by atoms with Crippen molar-refractivity contribution in [1.82, 2.24) is 0 Å². The number of carbonyl (C=O) groups excluding carboxylic acids is 1. The molecule has 5 rings (SSSR count). The highest BCUT2D eigenvalue weighted by molar-refractivity contribution is 5.78. The lowest BCUT2D eigenvalue weighted by molar-refractivity contribution is -0.210. The minimum atomic E-state index is -0.604. The summed E-state index contributed by atoms with van der Waals surface area (Å²) < 4.78 is 5.44. The molecule has 35 heavy (non-hydrogen) atoms. The maximum atomic E-state index is 13.4. The van der Waals surface area contributed by atoms with Gasteiger partial charge in [0.15, 0.2) is 0 Å². The van der Waals surface area contributed by atoms with Gasteiger partial charge >= 0.3 is 5.97 Å². The minimum Gasteiger partial charge on any atom is -0.469 e. The molecule has 0 aromatic rings. The van der Waals surface area contributed by atoms with Gasteiger partial charge in [0.25, 0.3) is 0 Å². The summed E-state index contributed by atoms with van der Waals surface area (Å²) in [5.74, 6) is 1.55. The fraction of sp³-hybridized carbons (Fsp3) is 0.903. The topological polar surface area (TPSA) is 66.8 Å². The van der Waals surface area contributed by atoms with Crippen LogP contribution in [0.2, 0.25) is 0 Å². The van der Waals surface area contributed by atoms with E-state index in [1.54, 1.807) is 0 Å². The predicted molar refractivity (Wildman–Crippen MR) is 138 cm³/mol. The van der Waals surface area contributed by atoms with Crippen LogP contribution in [0, 0.1) is 56.7 Å². The molecule has 5 aliphatic rings. The van der Waals surface area contributed by atoms with E-state index in [9.17, 15) is 15.0 Å². The number of rotatable bonds is 1. The molecule has 198 valence electrons. The molecule has 4 nitrogen and oxygen atoms in total. The summed E-state index contributed by atoms with van der Waals surface area (Å²) in [6.07, 6.45) is 9.65. The Morgan fingerprint density at radius 3 is 2.29 bits per heavy atom. The zero-order valence-corrected chi connectivity index (χ0v) is 23.5. The molecule has 0 aromatic carbocycles. The van der Waals surface area contributed by atoms with Crippen LogP contribution in [0.5, 0.6) is 0 Å². The van der Waals surface area contributed by atoms with Crippen LogP contribution in [0.15, 0.2) is 11.6 Å². The average Bonchev–Trinajstić information content (AvgIpc) is 2.80. The number of aliphatic hydroxyl groups excluding tert-OH is 2. The number of esters is 1. The minimum absolute atomic E-state index is 0.0442. The highest BCUT2D eigenvalue weighted by atomic mass is 16.5. The number of hydrogen-bond donors (Lipinski definition) is 2. The Kier molecular flexibility index (Phi) is 5.76. The molecule has 5 aliphatic carbocycles. The molecular formula is C31H50O4. The van der Waals surface area contributed by atoms with E-state index in [1.807, 2.05) is 0 Å². The molecule has 2 N–H and O–H groups in total. The summed E-state index contributed by atoms with van der Waals surface area (Å²) in [5, 5.41) is 21.9. The second kappa shape index (κ2) is 7.82. The summed E-state index contributed by atoms with van der Waals surface area (Å²) >= 11 is 0. The Hall–Kier alpha value is -0.870. The summed E-state index contributed by atoms with van der Waals surface area (Å²) in [6, 6.07) is 0. The number of ether oxygens (including phenoxy) is 1. The third kappa shape index (κ3) is 3.02. The number of aliphatic hydroxyl groups is 2. The fourth-order valence-electron chi connectivity index (χ4n) is 11.1. The van der Waals surface area contributed by atoms with E-state index in [2.05, 4.69) is 54.5 Å². The van der Waals surface area contributed by atoms with Crippen LogP contribution >= 0.6 is 0 Å². The number of fused-ring (bicyclic) bond motifs is 7. The van der Waals surface area contributed by atoms with Gasteiger partial charge in [-0.05, 0) is 103 Å². The van der Waals surface area contributed by atoms with Crippen molar-refractivity contribution < 1.29 is 19.7 Å². The molecule has 0 spiro atoms. The Morgan fingerprint density at radius 2 is 1.63 bits per heavy atom. The largest absolute Gasteiger partial charge is 0.469 e. The maximum absolute atomic E-state index is 13.4. The van der Waals surface area contributed by atoms with Gasteiger partial charge < -0.3 is 14.9 Å². The van der Waals surface area contributed by atoms with Crippen molar-refractivity contribution in [3.63, 3.8) is 0 Å². The van der Waals surface area contributed by atoms with Crippen LogP contribution in [0.1, 0.15) is 99.8 Å². The lowest BCUT2D eigenvalue weighted by Crippen LogP contribution is -2.66. The summed E-state index contributed by atoms with van der Waals surface area (Å²) in [5.41, 5.74) is 1.28. The summed E-state index contributed by atoms with van der Waals surface area (Å²) in [7, 11) is 1.52. The predicted octanol–water partition coefficient (Wildman–Crippen LogP) is 6.15. The van der Waals surface area contributed by atoms with Crippen molar-refractivity contribution in [1.29, 1.82) is 0 Å². The molecular weight excluding hydrogens is 436 g/mol. The maximum Gasteiger partial charge on any atom is 0.312 e. The van der Waals surface area contributed by atoms with Crippen LogP contribution in [0.3, 0.4) is 0 Å². The Bertz CT molecular complexity index is 923. The van der Waals surface area contributed by atoms with Gasteiger partial charge in [0.1, 0.15) is 0 Å². The van der Waals surface area contributed by atoms with E-state index >= 15 is 0 Å². The summed E-state index contributed by atoms with van der Waals surface area (Å²) in [4.78, 5) is 13.4. The van der Waals surface area contributed by atoms with Crippen molar-refractivity contribution in [2.45, 2.75) is 112 Å². The zero-order valence-electron chi connectivity index (χ0n) is 23.5.